The van der Waals surface area contributed by atoms with Gasteiger partial charge in [0.05, 0.1) is 18.3 Å². The topological polar surface area (TPSA) is 47.1 Å². The number of ether oxygens (including phenoxy) is 2. The molecule has 0 saturated heterocycles. The maximum Gasteiger partial charge on any atom is 0.121 e. The number of aromatic amines is 1. The Labute approximate surface area is 101 Å². The molecule has 0 aliphatic rings. The van der Waals surface area contributed by atoms with E-state index in [1.807, 2.05) is 12.3 Å². The summed E-state index contributed by atoms with van der Waals surface area (Å²) in [7, 11) is 1.67. The number of hydrogen-bond acceptors (Lipinski definition) is 3. The summed E-state index contributed by atoms with van der Waals surface area (Å²) in [5.74, 6) is 1.31. The normalized spacial score (nSPS) is 11.3. The van der Waals surface area contributed by atoms with Crippen molar-refractivity contribution < 1.29 is 9.47 Å². The second-order valence-electron chi connectivity index (χ2n) is 4.34. The van der Waals surface area contributed by atoms with Crippen LogP contribution in [0, 0.1) is 0 Å². The second kappa shape index (κ2) is 5.19. The van der Waals surface area contributed by atoms with E-state index in [9.17, 15) is 0 Å². The number of hydrogen-bond donors (Lipinski definition) is 1. The van der Waals surface area contributed by atoms with Crippen molar-refractivity contribution in [2.45, 2.75) is 19.8 Å². The minimum Gasteiger partial charge on any atom is -0.491 e. The zero-order chi connectivity index (χ0) is 12.3. The van der Waals surface area contributed by atoms with Crippen LogP contribution < -0.4 is 4.74 Å². The molecule has 0 unspecified atom stereocenters. The van der Waals surface area contributed by atoms with Gasteiger partial charge >= 0.3 is 0 Å². The molecule has 0 radical (unpaired) electrons. The van der Waals surface area contributed by atoms with Gasteiger partial charge in [-0.15, -0.1) is 0 Å². The summed E-state index contributed by atoms with van der Waals surface area (Å²) in [5, 5.41) is 8.23. The van der Waals surface area contributed by atoms with Gasteiger partial charge in [-0.3, -0.25) is 5.10 Å². The van der Waals surface area contributed by atoms with Gasteiger partial charge in [-0.2, -0.15) is 5.10 Å². The molecule has 0 fully saturated rings. The summed E-state index contributed by atoms with van der Waals surface area (Å²) < 4.78 is 10.6. The highest BCUT2D eigenvalue weighted by Gasteiger charge is 2.09. The number of fused-ring (bicyclic) bond motifs is 1. The smallest absolute Gasteiger partial charge is 0.121 e. The van der Waals surface area contributed by atoms with Crippen LogP contribution in [0.5, 0.6) is 5.75 Å². The Morgan fingerprint density at radius 3 is 2.82 bits per heavy atom. The zero-order valence-corrected chi connectivity index (χ0v) is 10.5. The average molecular weight is 234 g/mol. The van der Waals surface area contributed by atoms with Gasteiger partial charge in [-0.1, -0.05) is 13.8 Å². The Balaban J connectivity index is 2.31. The highest BCUT2D eigenvalue weighted by Crippen LogP contribution is 2.29. The minimum absolute atomic E-state index is 0.445. The molecule has 2 aromatic rings. The minimum atomic E-state index is 0.445. The van der Waals surface area contributed by atoms with Gasteiger partial charge in [0.25, 0.3) is 0 Å². The molecule has 0 bridgehead atoms. The molecular formula is C13H18N2O2. The second-order valence-corrected chi connectivity index (χ2v) is 4.34. The summed E-state index contributed by atoms with van der Waals surface area (Å²) in [6, 6.07) is 4.06. The van der Waals surface area contributed by atoms with E-state index in [4.69, 9.17) is 9.47 Å². The maximum atomic E-state index is 5.64. The molecule has 4 nitrogen and oxygen atoms in total. The van der Waals surface area contributed by atoms with Crippen LogP contribution in [0.3, 0.4) is 0 Å². The van der Waals surface area contributed by atoms with E-state index >= 15 is 0 Å². The van der Waals surface area contributed by atoms with E-state index in [0.717, 1.165) is 11.3 Å². The van der Waals surface area contributed by atoms with Gasteiger partial charge in [0.15, 0.2) is 0 Å². The van der Waals surface area contributed by atoms with E-state index < -0.39 is 0 Å². The van der Waals surface area contributed by atoms with Crippen molar-refractivity contribution in [3.63, 3.8) is 0 Å². The van der Waals surface area contributed by atoms with Crippen molar-refractivity contribution in [1.82, 2.24) is 10.2 Å². The molecule has 1 N–H and O–H groups in total. The largest absolute Gasteiger partial charge is 0.491 e. The summed E-state index contributed by atoms with van der Waals surface area (Å²) in [5.41, 5.74) is 2.27. The lowest BCUT2D eigenvalue weighted by molar-refractivity contribution is 0.146. The molecule has 0 aliphatic heterocycles. The highest BCUT2D eigenvalue weighted by molar-refractivity contribution is 5.83. The van der Waals surface area contributed by atoms with Gasteiger partial charge in [-0.25, -0.2) is 0 Å². The molecule has 1 aromatic carbocycles. The zero-order valence-electron chi connectivity index (χ0n) is 10.5. The molecule has 1 aromatic heterocycles. The quantitative estimate of drug-likeness (QED) is 0.809. The average Bonchev–Trinajstić information content (AvgIpc) is 2.76. The van der Waals surface area contributed by atoms with Crippen molar-refractivity contribution in [2.24, 2.45) is 0 Å². The van der Waals surface area contributed by atoms with Gasteiger partial charge in [-0.05, 0) is 17.5 Å². The van der Waals surface area contributed by atoms with Crippen molar-refractivity contribution >= 4 is 10.9 Å². The Bertz CT molecular complexity index is 491. The Kier molecular flexibility index (Phi) is 3.64. The lowest BCUT2D eigenvalue weighted by Crippen LogP contribution is -2.04. The summed E-state index contributed by atoms with van der Waals surface area (Å²) in [6.07, 6.45) is 1.86. The molecule has 2 rings (SSSR count). The van der Waals surface area contributed by atoms with E-state index in [1.54, 1.807) is 7.11 Å². The van der Waals surface area contributed by atoms with E-state index in [2.05, 4.69) is 30.1 Å². The van der Waals surface area contributed by atoms with Gasteiger partial charge in [0.1, 0.15) is 12.4 Å². The highest BCUT2D eigenvalue weighted by atomic mass is 16.5. The summed E-state index contributed by atoms with van der Waals surface area (Å²) in [4.78, 5) is 0. The number of nitrogens with one attached hydrogen (secondary N) is 1. The van der Waals surface area contributed by atoms with Crippen molar-refractivity contribution in [3.8, 4) is 5.75 Å². The first-order chi connectivity index (χ1) is 8.22. The number of benzene rings is 1. The molecule has 1 heterocycles. The molecule has 0 atom stereocenters. The van der Waals surface area contributed by atoms with Crippen LogP contribution in [0.4, 0.5) is 0 Å². The van der Waals surface area contributed by atoms with Crippen molar-refractivity contribution in [1.29, 1.82) is 0 Å². The number of nitrogens with zero attached hydrogens (tertiary/aromatic N) is 1. The predicted molar refractivity (Wildman–Crippen MR) is 67.6 cm³/mol. The summed E-state index contributed by atoms with van der Waals surface area (Å²) in [6.45, 7) is 5.49. The van der Waals surface area contributed by atoms with Gasteiger partial charge in [0.2, 0.25) is 0 Å². The number of rotatable bonds is 5. The fourth-order valence-corrected chi connectivity index (χ4v) is 1.85. The molecule has 0 aliphatic carbocycles. The molecule has 4 heteroatoms. The maximum absolute atomic E-state index is 5.64. The van der Waals surface area contributed by atoms with E-state index in [0.29, 0.717) is 19.1 Å². The lowest BCUT2D eigenvalue weighted by atomic mass is 9.99. The summed E-state index contributed by atoms with van der Waals surface area (Å²) >= 11 is 0. The lowest BCUT2D eigenvalue weighted by Gasteiger charge is -2.11. The fourth-order valence-electron chi connectivity index (χ4n) is 1.85. The third-order valence-electron chi connectivity index (χ3n) is 2.74. The first kappa shape index (κ1) is 11.9. The Hall–Kier alpha value is -1.55. The number of aromatic nitrogens is 2. The molecule has 17 heavy (non-hydrogen) atoms. The monoisotopic (exact) mass is 234 g/mol. The van der Waals surface area contributed by atoms with Crippen LogP contribution in [0.1, 0.15) is 25.3 Å². The van der Waals surface area contributed by atoms with Crippen LogP contribution >= 0.6 is 0 Å². The molecular weight excluding hydrogens is 216 g/mol. The van der Waals surface area contributed by atoms with Crippen LogP contribution in [-0.4, -0.2) is 30.5 Å². The first-order valence-corrected chi connectivity index (χ1v) is 5.81. The van der Waals surface area contributed by atoms with Crippen LogP contribution in [0.25, 0.3) is 10.9 Å². The Morgan fingerprint density at radius 1 is 1.29 bits per heavy atom. The van der Waals surface area contributed by atoms with Crippen molar-refractivity contribution in [3.05, 3.63) is 23.9 Å². The first-order valence-electron chi connectivity index (χ1n) is 5.81. The van der Waals surface area contributed by atoms with E-state index in [1.165, 1.54) is 10.9 Å². The van der Waals surface area contributed by atoms with Crippen LogP contribution in [-0.2, 0) is 4.74 Å². The standard InChI is InChI=1S/C13H18N2O2/c1-9(2)11-6-10(17-5-4-16-3)7-13-12(11)8-14-15-13/h6-9H,4-5H2,1-3H3,(H,14,15). The van der Waals surface area contributed by atoms with Crippen molar-refractivity contribution in [2.75, 3.05) is 20.3 Å². The Morgan fingerprint density at radius 2 is 2.12 bits per heavy atom. The molecule has 92 valence electrons. The third-order valence-corrected chi connectivity index (χ3v) is 2.74. The number of methoxy groups -OCH3 is 1. The van der Waals surface area contributed by atoms with Gasteiger partial charge in [0, 0.05) is 18.6 Å². The van der Waals surface area contributed by atoms with Crippen LogP contribution in [0.15, 0.2) is 18.3 Å². The molecule has 0 spiro atoms. The molecule has 0 amide bonds. The SMILES string of the molecule is COCCOc1cc(C(C)C)c2cn[nH]c2c1. The number of H-pyrrole nitrogens is 1. The predicted octanol–water partition coefficient (Wildman–Crippen LogP) is 2.71. The fraction of sp³-hybridized carbons (Fsp3) is 0.462. The molecule has 0 saturated carbocycles. The van der Waals surface area contributed by atoms with Gasteiger partial charge < -0.3 is 9.47 Å². The third kappa shape index (κ3) is 2.58. The van der Waals surface area contributed by atoms with E-state index in [-0.39, 0.29) is 0 Å². The van der Waals surface area contributed by atoms with Crippen LogP contribution in [0.2, 0.25) is 0 Å².